The summed E-state index contributed by atoms with van der Waals surface area (Å²) in [6, 6.07) is 13.6. The molecule has 1 aromatic carbocycles. The second kappa shape index (κ2) is 6.58. The van der Waals surface area contributed by atoms with Gasteiger partial charge >= 0.3 is 0 Å². The SMILES string of the molecule is CO[C@H]1[C@H](NC(=O)c2ccccn2)c2ccccc2C12CCNCC2. The number of benzene rings is 1. The van der Waals surface area contributed by atoms with E-state index in [0.29, 0.717) is 5.69 Å². The quantitative estimate of drug-likeness (QED) is 0.901. The van der Waals surface area contributed by atoms with Crippen LogP contribution in [0.2, 0.25) is 0 Å². The summed E-state index contributed by atoms with van der Waals surface area (Å²) in [5.74, 6) is -0.159. The van der Waals surface area contributed by atoms with Crippen LogP contribution in [0, 0.1) is 0 Å². The average molecular weight is 337 g/mol. The summed E-state index contributed by atoms with van der Waals surface area (Å²) in [4.78, 5) is 16.9. The Morgan fingerprint density at radius 1 is 1.20 bits per heavy atom. The van der Waals surface area contributed by atoms with Gasteiger partial charge in [-0.3, -0.25) is 9.78 Å². The monoisotopic (exact) mass is 337 g/mol. The number of piperidine rings is 1. The number of hydrogen-bond acceptors (Lipinski definition) is 4. The Bertz CT molecular complexity index is 757. The van der Waals surface area contributed by atoms with Crippen molar-refractivity contribution in [1.82, 2.24) is 15.6 Å². The standard InChI is InChI=1S/C20H23N3O2/c1-25-18-17(23-19(24)16-8-4-5-11-22-16)14-6-2-3-7-15(14)20(18)9-12-21-13-10-20/h2-8,11,17-18,21H,9-10,12-13H2,1H3,(H,23,24)/t17-,18+/m1/s1. The molecule has 1 aromatic heterocycles. The Kier molecular flexibility index (Phi) is 4.27. The van der Waals surface area contributed by atoms with Crippen LogP contribution in [0.5, 0.6) is 0 Å². The lowest BCUT2D eigenvalue weighted by Gasteiger charge is -2.40. The Morgan fingerprint density at radius 3 is 2.68 bits per heavy atom. The van der Waals surface area contributed by atoms with Crippen molar-refractivity contribution in [2.45, 2.75) is 30.4 Å². The van der Waals surface area contributed by atoms with Crippen molar-refractivity contribution in [3.63, 3.8) is 0 Å². The molecule has 0 bridgehead atoms. The number of carbonyl (C=O) groups is 1. The van der Waals surface area contributed by atoms with Crippen molar-refractivity contribution in [2.24, 2.45) is 0 Å². The minimum atomic E-state index is -0.159. The summed E-state index contributed by atoms with van der Waals surface area (Å²) >= 11 is 0. The zero-order chi connectivity index (χ0) is 17.3. The van der Waals surface area contributed by atoms with E-state index < -0.39 is 0 Å². The van der Waals surface area contributed by atoms with Gasteiger partial charge in [-0.05, 0) is 49.2 Å². The highest BCUT2D eigenvalue weighted by atomic mass is 16.5. The van der Waals surface area contributed by atoms with Crippen molar-refractivity contribution >= 4 is 5.91 Å². The maximum Gasteiger partial charge on any atom is 0.270 e. The summed E-state index contributed by atoms with van der Waals surface area (Å²) in [6.07, 6.45) is 3.59. The van der Waals surface area contributed by atoms with Gasteiger partial charge in [-0.25, -0.2) is 0 Å². The maximum atomic E-state index is 12.7. The first-order valence-electron chi connectivity index (χ1n) is 8.81. The van der Waals surface area contributed by atoms with E-state index in [1.807, 2.05) is 18.2 Å². The Hall–Kier alpha value is -2.24. The van der Waals surface area contributed by atoms with Gasteiger partial charge in [0.1, 0.15) is 5.69 Å². The third kappa shape index (κ3) is 2.64. The van der Waals surface area contributed by atoms with Crippen LogP contribution < -0.4 is 10.6 Å². The minimum Gasteiger partial charge on any atom is -0.378 e. The van der Waals surface area contributed by atoms with Crippen molar-refractivity contribution in [3.8, 4) is 0 Å². The van der Waals surface area contributed by atoms with E-state index in [1.54, 1.807) is 19.4 Å². The number of pyridine rings is 1. The third-order valence-corrected chi connectivity index (χ3v) is 5.61. The average Bonchev–Trinajstić information content (AvgIpc) is 2.92. The fraction of sp³-hybridized carbons (Fsp3) is 0.400. The summed E-state index contributed by atoms with van der Waals surface area (Å²) in [7, 11) is 1.75. The van der Waals surface area contributed by atoms with E-state index in [4.69, 9.17) is 4.74 Å². The molecule has 2 N–H and O–H groups in total. The van der Waals surface area contributed by atoms with Gasteiger partial charge in [0.25, 0.3) is 5.91 Å². The number of methoxy groups -OCH3 is 1. The number of hydrogen-bond donors (Lipinski definition) is 2. The van der Waals surface area contributed by atoms with Crippen LogP contribution in [-0.2, 0) is 10.2 Å². The lowest BCUT2D eigenvalue weighted by molar-refractivity contribution is 0.00392. The van der Waals surface area contributed by atoms with E-state index in [0.717, 1.165) is 25.9 Å². The highest BCUT2D eigenvalue weighted by Gasteiger charge is 2.53. The number of amides is 1. The Labute approximate surface area is 147 Å². The van der Waals surface area contributed by atoms with E-state index in [2.05, 4.69) is 33.8 Å². The molecule has 2 heterocycles. The molecule has 2 atom stereocenters. The second-order valence-corrected chi connectivity index (χ2v) is 6.82. The molecule has 2 aromatic rings. The minimum absolute atomic E-state index is 0.0430. The molecule has 0 saturated carbocycles. The summed E-state index contributed by atoms with van der Waals surface area (Å²) < 4.78 is 5.97. The summed E-state index contributed by atoms with van der Waals surface area (Å²) in [5, 5.41) is 6.62. The maximum absolute atomic E-state index is 12.7. The number of fused-ring (bicyclic) bond motifs is 2. The first-order chi connectivity index (χ1) is 12.3. The van der Waals surface area contributed by atoms with Crippen molar-refractivity contribution in [1.29, 1.82) is 0 Å². The van der Waals surface area contributed by atoms with Crippen LogP contribution in [0.15, 0.2) is 48.7 Å². The topological polar surface area (TPSA) is 63.2 Å². The van der Waals surface area contributed by atoms with Gasteiger partial charge in [-0.1, -0.05) is 30.3 Å². The van der Waals surface area contributed by atoms with Gasteiger partial charge in [-0.15, -0.1) is 0 Å². The largest absolute Gasteiger partial charge is 0.378 e. The van der Waals surface area contributed by atoms with E-state index in [9.17, 15) is 4.79 Å². The van der Waals surface area contributed by atoms with Gasteiger partial charge in [0.15, 0.2) is 0 Å². The van der Waals surface area contributed by atoms with Gasteiger partial charge in [0, 0.05) is 18.7 Å². The number of carbonyl (C=O) groups excluding carboxylic acids is 1. The molecule has 1 aliphatic heterocycles. The highest BCUT2D eigenvalue weighted by Crippen LogP contribution is 2.51. The van der Waals surface area contributed by atoms with Gasteiger partial charge in [0.2, 0.25) is 0 Å². The Morgan fingerprint density at radius 2 is 1.96 bits per heavy atom. The molecule has 0 unspecified atom stereocenters. The van der Waals surface area contributed by atoms with Gasteiger partial charge in [-0.2, -0.15) is 0 Å². The lowest BCUT2D eigenvalue weighted by atomic mass is 9.72. The molecule has 5 nitrogen and oxygen atoms in total. The van der Waals surface area contributed by atoms with Crippen LogP contribution in [0.3, 0.4) is 0 Å². The number of aromatic nitrogens is 1. The van der Waals surface area contributed by atoms with Crippen LogP contribution in [0.25, 0.3) is 0 Å². The normalized spacial score (nSPS) is 24.0. The molecule has 1 fully saturated rings. The van der Waals surface area contributed by atoms with Crippen LogP contribution >= 0.6 is 0 Å². The van der Waals surface area contributed by atoms with E-state index in [-0.39, 0.29) is 23.5 Å². The molecule has 25 heavy (non-hydrogen) atoms. The fourth-order valence-corrected chi connectivity index (χ4v) is 4.51. The smallest absolute Gasteiger partial charge is 0.270 e. The van der Waals surface area contributed by atoms with Crippen molar-refractivity contribution in [3.05, 3.63) is 65.5 Å². The summed E-state index contributed by atoms with van der Waals surface area (Å²) in [5.41, 5.74) is 2.87. The molecule has 130 valence electrons. The predicted octanol–water partition coefficient (Wildman–Crippen LogP) is 2.20. The zero-order valence-electron chi connectivity index (χ0n) is 14.4. The van der Waals surface area contributed by atoms with Gasteiger partial charge in [0.05, 0.1) is 12.1 Å². The van der Waals surface area contributed by atoms with E-state index in [1.165, 1.54) is 11.1 Å². The number of nitrogens with zero attached hydrogens (tertiary/aromatic N) is 1. The predicted molar refractivity (Wildman–Crippen MR) is 95.5 cm³/mol. The molecule has 5 heteroatoms. The molecular formula is C20H23N3O2. The third-order valence-electron chi connectivity index (χ3n) is 5.61. The lowest BCUT2D eigenvalue weighted by Crippen LogP contribution is -2.49. The molecular weight excluding hydrogens is 314 g/mol. The van der Waals surface area contributed by atoms with Crippen molar-refractivity contribution < 1.29 is 9.53 Å². The zero-order valence-corrected chi connectivity index (χ0v) is 14.4. The molecule has 0 radical (unpaired) electrons. The molecule has 1 saturated heterocycles. The summed E-state index contributed by atoms with van der Waals surface area (Å²) in [6.45, 7) is 1.93. The van der Waals surface area contributed by atoms with Crippen molar-refractivity contribution in [2.75, 3.05) is 20.2 Å². The molecule has 1 spiro atoms. The first-order valence-corrected chi connectivity index (χ1v) is 8.81. The van der Waals surface area contributed by atoms with Crippen LogP contribution in [-0.4, -0.2) is 37.2 Å². The fourth-order valence-electron chi connectivity index (χ4n) is 4.51. The number of rotatable bonds is 3. The molecule has 1 aliphatic carbocycles. The molecule has 1 amide bonds. The van der Waals surface area contributed by atoms with E-state index >= 15 is 0 Å². The highest BCUT2D eigenvalue weighted by molar-refractivity contribution is 5.92. The van der Waals surface area contributed by atoms with Gasteiger partial charge < -0.3 is 15.4 Å². The van der Waals surface area contributed by atoms with Crippen LogP contribution in [0.1, 0.15) is 40.5 Å². The molecule has 4 rings (SSSR count). The Balaban J connectivity index is 1.71. The first kappa shape index (κ1) is 16.2. The number of ether oxygens (including phenoxy) is 1. The molecule has 2 aliphatic rings. The second-order valence-electron chi connectivity index (χ2n) is 6.82. The number of nitrogens with one attached hydrogen (secondary N) is 2. The van der Waals surface area contributed by atoms with Crippen LogP contribution in [0.4, 0.5) is 0 Å².